The Morgan fingerprint density at radius 1 is 1.31 bits per heavy atom. The molecule has 76 valence electrons. The first kappa shape index (κ1) is 12.2. The van der Waals surface area contributed by atoms with Crippen molar-refractivity contribution in [1.29, 1.82) is 0 Å². The van der Waals surface area contributed by atoms with Crippen molar-refractivity contribution >= 4 is 5.97 Å². The standard InChI is InChI=1S/C11H20O2/c1-4-6-7-8-9-13-11(12)10(3)5-2/h5H,4,6-9H2,1-3H3/b10-5-. The summed E-state index contributed by atoms with van der Waals surface area (Å²) in [5.74, 6) is -0.181. The highest BCUT2D eigenvalue weighted by Crippen LogP contribution is 2.01. The summed E-state index contributed by atoms with van der Waals surface area (Å²) in [5, 5.41) is 0. The van der Waals surface area contributed by atoms with Gasteiger partial charge in [-0.1, -0.05) is 32.3 Å². The lowest BCUT2D eigenvalue weighted by Gasteiger charge is -2.03. The number of carbonyl (C=O) groups excluding carboxylic acids is 1. The quantitative estimate of drug-likeness (QED) is 0.360. The maximum atomic E-state index is 11.1. The summed E-state index contributed by atoms with van der Waals surface area (Å²) >= 11 is 0. The first-order chi connectivity index (χ1) is 6.22. The van der Waals surface area contributed by atoms with E-state index in [1.807, 2.05) is 6.92 Å². The Bertz CT molecular complexity index is 171. The van der Waals surface area contributed by atoms with Crippen LogP contribution in [-0.2, 0) is 9.53 Å². The van der Waals surface area contributed by atoms with Crippen LogP contribution in [0, 0.1) is 0 Å². The van der Waals surface area contributed by atoms with Gasteiger partial charge in [0, 0.05) is 5.57 Å². The molecular formula is C11H20O2. The van der Waals surface area contributed by atoms with Gasteiger partial charge in [0.25, 0.3) is 0 Å². The Hall–Kier alpha value is -0.790. The molecule has 0 radical (unpaired) electrons. The van der Waals surface area contributed by atoms with Gasteiger partial charge in [-0.15, -0.1) is 0 Å². The summed E-state index contributed by atoms with van der Waals surface area (Å²) < 4.78 is 5.03. The molecule has 0 aliphatic carbocycles. The Kier molecular flexibility index (Phi) is 7.36. The van der Waals surface area contributed by atoms with E-state index in [1.165, 1.54) is 12.8 Å². The SMILES string of the molecule is C/C=C(/C)C(=O)OCCCCCC. The number of rotatable bonds is 6. The van der Waals surface area contributed by atoms with E-state index in [0.29, 0.717) is 12.2 Å². The highest BCUT2D eigenvalue weighted by atomic mass is 16.5. The summed E-state index contributed by atoms with van der Waals surface area (Å²) in [7, 11) is 0. The minimum Gasteiger partial charge on any atom is -0.462 e. The van der Waals surface area contributed by atoms with E-state index in [4.69, 9.17) is 4.74 Å². The van der Waals surface area contributed by atoms with E-state index in [0.717, 1.165) is 12.8 Å². The van der Waals surface area contributed by atoms with Gasteiger partial charge in [-0.2, -0.15) is 0 Å². The smallest absolute Gasteiger partial charge is 0.333 e. The average Bonchev–Trinajstić information content (AvgIpc) is 2.16. The van der Waals surface area contributed by atoms with Gasteiger partial charge in [-0.05, 0) is 20.3 Å². The number of hydrogen-bond donors (Lipinski definition) is 0. The fourth-order valence-electron chi connectivity index (χ4n) is 0.925. The van der Waals surface area contributed by atoms with Crippen LogP contribution in [0.15, 0.2) is 11.6 Å². The Morgan fingerprint density at radius 3 is 2.54 bits per heavy atom. The van der Waals surface area contributed by atoms with E-state index in [1.54, 1.807) is 13.0 Å². The predicted molar refractivity (Wildman–Crippen MR) is 54.5 cm³/mol. The zero-order chi connectivity index (χ0) is 10.1. The van der Waals surface area contributed by atoms with Crippen LogP contribution in [0.5, 0.6) is 0 Å². The molecule has 0 bridgehead atoms. The van der Waals surface area contributed by atoms with Gasteiger partial charge in [0.2, 0.25) is 0 Å². The van der Waals surface area contributed by atoms with Crippen LogP contribution < -0.4 is 0 Å². The van der Waals surface area contributed by atoms with Crippen LogP contribution in [0.3, 0.4) is 0 Å². The number of esters is 1. The lowest BCUT2D eigenvalue weighted by molar-refractivity contribution is -0.139. The van der Waals surface area contributed by atoms with E-state index < -0.39 is 0 Å². The monoisotopic (exact) mass is 184 g/mol. The maximum absolute atomic E-state index is 11.1. The summed E-state index contributed by atoms with van der Waals surface area (Å²) in [5.41, 5.74) is 0.690. The largest absolute Gasteiger partial charge is 0.462 e. The molecule has 0 heterocycles. The topological polar surface area (TPSA) is 26.3 Å². The number of allylic oxidation sites excluding steroid dienone is 1. The van der Waals surface area contributed by atoms with Crippen molar-refractivity contribution in [2.75, 3.05) is 6.61 Å². The molecule has 2 nitrogen and oxygen atoms in total. The molecule has 0 aromatic rings. The summed E-state index contributed by atoms with van der Waals surface area (Å²) in [4.78, 5) is 11.1. The highest BCUT2D eigenvalue weighted by molar-refractivity contribution is 5.87. The average molecular weight is 184 g/mol. The van der Waals surface area contributed by atoms with Crippen molar-refractivity contribution in [1.82, 2.24) is 0 Å². The number of hydrogen-bond acceptors (Lipinski definition) is 2. The van der Waals surface area contributed by atoms with E-state index >= 15 is 0 Å². The molecule has 2 heteroatoms. The van der Waals surface area contributed by atoms with Crippen LogP contribution in [0.1, 0.15) is 46.5 Å². The third kappa shape index (κ3) is 6.38. The number of carbonyl (C=O) groups is 1. The molecule has 0 aromatic heterocycles. The number of ether oxygens (including phenoxy) is 1. The Balaban J connectivity index is 3.38. The molecule has 0 amide bonds. The lowest BCUT2D eigenvalue weighted by Crippen LogP contribution is -2.06. The molecule has 0 saturated heterocycles. The molecule has 13 heavy (non-hydrogen) atoms. The van der Waals surface area contributed by atoms with E-state index in [9.17, 15) is 4.79 Å². The Morgan fingerprint density at radius 2 is 2.00 bits per heavy atom. The van der Waals surface area contributed by atoms with Crippen molar-refractivity contribution in [3.63, 3.8) is 0 Å². The first-order valence-corrected chi connectivity index (χ1v) is 5.02. The molecule has 0 aliphatic rings. The van der Waals surface area contributed by atoms with Crippen molar-refractivity contribution in [3.8, 4) is 0 Å². The van der Waals surface area contributed by atoms with Gasteiger partial charge in [-0.3, -0.25) is 0 Å². The molecule has 0 atom stereocenters. The van der Waals surface area contributed by atoms with Crippen LogP contribution in [-0.4, -0.2) is 12.6 Å². The van der Waals surface area contributed by atoms with Crippen LogP contribution in [0.25, 0.3) is 0 Å². The van der Waals surface area contributed by atoms with Crippen LogP contribution in [0.2, 0.25) is 0 Å². The summed E-state index contributed by atoms with van der Waals surface area (Å²) in [6.07, 6.45) is 6.34. The summed E-state index contributed by atoms with van der Waals surface area (Å²) in [6, 6.07) is 0. The minimum absolute atomic E-state index is 0.181. The van der Waals surface area contributed by atoms with Gasteiger partial charge in [0.15, 0.2) is 0 Å². The summed E-state index contributed by atoms with van der Waals surface area (Å²) in [6.45, 7) is 6.34. The Labute approximate surface area is 81.0 Å². The van der Waals surface area contributed by atoms with Gasteiger partial charge >= 0.3 is 5.97 Å². The third-order valence-corrected chi connectivity index (χ3v) is 1.99. The highest BCUT2D eigenvalue weighted by Gasteiger charge is 2.02. The fraction of sp³-hybridized carbons (Fsp3) is 0.727. The van der Waals surface area contributed by atoms with Gasteiger partial charge < -0.3 is 4.74 Å². The number of unbranched alkanes of at least 4 members (excludes halogenated alkanes) is 3. The normalized spacial score (nSPS) is 11.5. The first-order valence-electron chi connectivity index (χ1n) is 5.02. The minimum atomic E-state index is -0.181. The van der Waals surface area contributed by atoms with Crippen molar-refractivity contribution in [2.45, 2.75) is 46.5 Å². The second-order valence-electron chi connectivity index (χ2n) is 3.17. The molecule has 0 saturated carbocycles. The van der Waals surface area contributed by atoms with Crippen molar-refractivity contribution in [2.24, 2.45) is 0 Å². The van der Waals surface area contributed by atoms with Gasteiger partial charge in [-0.25, -0.2) is 4.79 Å². The zero-order valence-corrected chi connectivity index (χ0v) is 8.93. The molecular weight excluding hydrogens is 164 g/mol. The third-order valence-electron chi connectivity index (χ3n) is 1.99. The molecule has 0 fully saturated rings. The molecule has 0 rings (SSSR count). The predicted octanol–water partition coefficient (Wildman–Crippen LogP) is 3.08. The second-order valence-corrected chi connectivity index (χ2v) is 3.17. The zero-order valence-electron chi connectivity index (χ0n) is 8.93. The van der Waals surface area contributed by atoms with E-state index in [2.05, 4.69) is 6.92 Å². The molecule has 0 aromatic carbocycles. The maximum Gasteiger partial charge on any atom is 0.333 e. The molecule has 0 aliphatic heterocycles. The van der Waals surface area contributed by atoms with E-state index in [-0.39, 0.29) is 5.97 Å². The van der Waals surface area contributed by atoms with Crippen LogP contribution >= 0.6 is 0 Å². The van der Waals surface area contributed by atoms with Crippen LogP contribution in [0.4, 0.5) is 0 Å². The lowest BCUT2D eigenvalue weighted by atomic mass is 10.2. The molecule has 0 unspecified atom stereocenters. The van der Waals surface area contributed by atoms with Gasteiger partial charge in [0.1, 0.15) is 0 Å². The second kappa shape index (κ2) is 7.84. The fourth-order valence-corrected chi connectivity index (χ4v) is 0.925. The van der Waals surface area contributed by atoms with Gasteiger partial charge in [0.05, 0.1) is 6.61 Å². The molecule has 0 spiro atoms. The molecule has 0 N–H and O–H groups in total. The van der Waals surface area contributed by atoms with Crippen molar-refractivity contribution < 1.29 is 9.53 Å². The van der Waals surface area contributed by atoms with Crippen molar-refractivity contribution in [3.05, 3.63) is 11.6 Å².